The number of rotatable bonds is 4. The van der Waals surface area contributed by atoms with Gasteiger partial charge in [-0.3, -0.25) is 4.98 Å². The fourth-order valence-corrected chi connectivity index (χ4v) is 2.63. The Morgan fingerprint density at radius 1 is 1.33 bits per heavy atom. The van der Waals surface area contributed by atoms with E-state index < -0.39 is 0 Å². The van der Waals surface area contributed by atoms with Gasteiger partial charge in [-0.1, -0.05) is 23.7 Å². The first kappa shape index (κ1) is 13.5. The molecule has 1 atom stereocenters. The quantitative estimate of drug-likeness (QED) is 0.919. The largest absolute Gasteiger partial charge is 0.311 e. The monoisotopic (exact) mass is 324 g/mol. The SMILES string of the molecule is CNC(Cc1cccc(Cl)c1)c1ncccc1Br. The van der Waals surface area contributed by atoms with Gasteiger partial charge in [0.15, 0.2) is 0 Å². The van der Waals surface area contributed by atoms with Crippen LogP contribution in [0.3, 0.4) is 0 Å². The van der Waals surface area contributed by atoms with Crippen LogP contribution in [0, 0.1) is 0 Å². The van der Waals surface area contributed by atoms with E-state index in [0.29, 0.717) is 0 Å². The summed E-state index contributed by atoms with van der Waals surface area (Å²) in [5.74, 6) is 0. The van der Waals surface area contributed by atoms with E-state index in [1.54, 1.807) is 0 Å². The molecule has 1 N–H and O–H groups in total. The van der Waals surface area contributed by atoms with Gasteiger partial charge in [0.05, 0.1) is 11.7 Å². The van der Waals surface area contributed by atoms with Crippen molar-refractivity contribution in [2.75, 3.05) is 7.05 Å². The van der Waals surface area contributed by atoms with Crippen LogP contribution in [-0.2, 0) is 6.42 Å². The molecule has 0 spiro atoms. The summed E-state index contributed by atoms with van der Waals surface area (Å²) in [5.41, 5.74) is 2.21. The van der Waals surface area contributed by atoms with Crippen molar-refractivity contribution < 1.29 is 0 Å². The maximum atomic E-state index is 6.00. The van der Waals surface area contributed by atoms with Gasteiger partial charge in [0, 0.05) is 15.7 Å². The Morgan fingerprint density at radius 3 is 2.83 bits per heavy atom. The summed E-state index contributed by atoms with van der Waals surface area (Å²) in [7, 11) is 1.94. The first-order chi connectivity index (χ1) is 8.70. The molecule has 0 amide bonds. The second-order valence-corrected chi connectivity index (χ2v) is 5.34. The van der Waals surface area contributed by atoms with E-state index in [1.165, 1.54) is 5.56 Å². The molecule has 0 radical (unpaired) electrons. The Morgan fingerprint density at radius 2 is 2.17 bits per heavy atom. The number of nitrogens with zero attached hydrogens (tertiary/aromatic N) is 1. The molecule has 0 bridgehead atoms. The van der Waals surface area contributed by atoms with Crippen LogP contribution in [0.25, 0.3) is 0 Å². The third-order valence-electron chi connectivity index (χ3n) is 2.79. The van der Waals surface area contributed by atoms with Crippen LogP contribution in [0.1, 0.15) is 17.3 Å². The van der Waals surface area contributed by atoms with Crippen molar-refractivity contribution in [3.8, 4) is 0 Å². The molecule has 1 aromatic carbocycles. The van der Waals surface area contributed by atoms with Gasteiger partial charge >= 0.3 is 0 Å². The normalized spacial score (nSPS) is 12.4. The Bertz CT molecular complexity index is 531. The summed E-state index contributed by atoms with van der Waals surface area (Å²) in [6.45, 7) is 0. The van der Waals surface area contributed by atoms with Crippen LogP contribution in [-0.4, -0.2) is 12.0 Å². The van der Waals surface area contributed by atoms with Gasteiger partial charge in [0.2, 0.25) is 0 Å². The molecular weight excluding hydrogens is 312 g/mol. The average molecular weight is 326 g/mol. The van der Waals surface area contributed by atoms with Crippen LogP contribution in [0.5, 0.6) is 0 Å². The van der Waals surface area contributed by atoms with Crippen LogP contribution in [0.2, 0.25) is 5.02 Å². The van der Waals surface area contributed by atoms with Gasteiger partial charge in [-0.05, 0) is 59.2 Å². The zero-order valence-electron chi connectivity index (χ0n) is 10.0. The summed E-state index contributed by atoms with van der Waals surface area (Å²) >= 11 is 9.54. The predicted octanol–water partition coefficient (Wildman–Crippen LogP) is 4.00. The molecule has 0 saturated carbocycles. The molecule has 0 aliphatic rings. The van der Waals surface area contributed by atoms with Crippen LogP contribution in [0.4, 0.5) is 0 Å². The van der Waals surface area contributed by atoms with E-state index in [9.17, 15) is 0 Å². The molecule has 4 heteroatoms. The topological polar surface area (TPSA) is 24.9 Å². The van der Waals surface area contributed by atoms with E-state index in [-0.39, 0.29) is 6.04 Å². The Kier molecular flexibility index (Phi) is 4.75. The number of halogens is 2. The van der Waals surface area contributed by atoms with Gasteiger partial charge in [-0.15, -0.1) is 0 Å². The summed E-state index contributed by atoms with van der Waals surface area (Å²) in [6, 6.07) is 12.0. The minimum atomic E-state index is 0.166. The summed E-state index contributed by atoms with van der Waals surface area (Å²) in [5, 5.41) is 4.06. The van der Waals surface area contributed by atoms with Crippen LogP contribution < -0.4 is 5.32 Å². The minimum absolute atomic E-state index is 0.166. The fraction of sp³-hybridized carbons (Fsp3) is 0.214. The molecule has 1 heterocycles. The second kappa shape index (κ2) is 6.32. The number of aromatic nitrogens is 1. The highest BCUT2D eigenvalue weighted by atomic mass is 79.9. The summed E-state index contributed by atoms with van der Waals surface area (Å²) in [6.07, 6.45) is 2.66. The van der Waals surface area contributed by atoms with Crippen molar-refractivity contribution in [3.63, 3.8) is 0 Å². The number of nitrogens with one attached hydrogen (secondary N) is 1. The molecule has 2 aromatic rings. The molecule has 2 rings (SSSR count). The van der Waals surface area contributed by atoms with Gasteiger partial charge < -0.3 is 5.32 Å². The molecule has 0 saturated heterocycles. The number of benzene rings is 1. The van der Waals surface area contributed by atoms with Crippen molar-refractivity contribution >= 4 is 27.5 Å². The van der Waals surface area contributed by atoms with Crippen molar-refractivity contribution in [2.24, 2.45) is 0 Å². The average Bonchev–Trinajstić information content (AvgIpc) is 2.37. The highest BCUT2D eigenvalue weighted by Crippen LogP contribution is 2.24. The predicted molar refractivity (Wildman–Crippen MR) is 78.9 cm³/mol. The first-order valence-corrected chi connectivity index (χ1v) is 6.90. The Labute approximate surface area is 121 Å². The molecule has 1 unspecified atom stereocenters. The highest BCUT2D eigenvalue weighted by molar-refractivity contribution is 9.10. The number of likely N-dealkylation sites (N-methyl/N-ethyl adjacent to an activating group) is 1. The summed E-state index contributed by atoms with van der Waals surface area (Å²) < 4.78 is 1.02. The van der Waals surface area contributed by atoms with Crippen LogP contribution >= 0.6 is 27.5 Å². The van der Waals surface area contributed by atoms with Crippen molar-refractivity contribution in [3.05, 3.63) is 63.3 Å². The van der Waals surface area contributed by atoms with E-state index in [0.717, 1.165) is 21.6 Å². The molecule has 0 aliphatic carbocycles. The zero-order chi connectivity index (χ0) is 13.0. The standard InChI is InChI=1S/C14H14BrClN2/c1-17-13(14-12(15)6-3-7-18-14)9-10-4-2-5-11(16)8-10/h2-8,13,17H,9H2,1H3. The van der Waals surface area contributed by atoms with Gasteiger partial charge in [-0.25, -0.2) is 0 Å². The van der Waals surface area contributed by atoms with E-state index in [4.69, 9.17) is 11.6 Å². The van der Waals surface area contributed by atoms with Crippen molar-refractivity contribution in [2.45, 2.75) is 12.5 Å². The molecule has 0 aliphatic heterocycles. The van der Waals surface area contributed by atoms with Crippen molar-refractivity contribution in [1.82, 2.24) is 10.3 Å². The lowest BCUT2D eigenvalue weighted by Gasteiger charge is -2.17. The number of hydrogen-bond acceptors (Lipinski definition) is 2. The highest BCUT2D eigenvalue weighted by Gasteiger charge is 2.14. The third kappa shape index (κ3) is 3.31. The molecular formula is C14H14BrClN2. The molecule has 1 aromatic heterocycles. The van der Waals surface area contributed by atoms with Crippen LogP contribution in [0.15, 0.2) is 47.1 Å². The zero-order valence-corrected chi connectivity index (χ0v) is 12.4. The van der Waals surface area contributed by atoms with Gasteiger partial charge in [-0.2, -0.15) is 0 Å². The Hall–Kier alpha value is -0.900. The molecule has 2 nitrogen and oxygen atoms in total. The number of hydrogen-bond donors (Lipinski definition) is 1. The molecule has 94 valence electrons. The van der Waals surface area contributed by atoms with Gasteiger partial charge in [0.25, 0.3) is 0 Å². The lowest BCUT2D eigenvalue weighted by atomic mass is 10.0. The van der Waals surface area contributed by atoms with E-state index >= 15 is 0 Å². The maximum Gasteiger partial charge on any atom is 0.0718 e. The van der Waals surface area contributed by atoms with Crippen molar-refractivity contribution in [1.29, 1.82) is 0 Å². The summed E-state index contributed by atoms with van der Waals surface area (Å²) in [4.78, 5) is 4.43. The minimum Gasteiger partial charge on any atom is -0.311 e. The lowest BCUT2D eigenvalue weighted by molar-refractivity contribution is 0.573. The second-order valence-electron chi connectivity index (χ2n) is 4.05. The fourth-order valence-electron chi connectivity index (χ4n) is 1.89. The number of pyridine rings is 1. The first-order valence-electron chi connectivity index (χ1n) is 5.73. The third-order valence-corrected chi connectivity index (χ3v) is 3.70. The smallest absolute Gasteiger partial charge is 0.0718 e. The maximum absolute atomic E-state index is 6.00. The van der Waals surface area contributed by atoms with Gasteiger partial charge in [0.1, 0.15) is 0 Å². The molecule has 18 heavy (non-hydrogen) atoms. The van der Waals surface area contributed by atoms with E-state index in [1.807, 2.05) is 43.6 Å². The lowest BCUT2D eigenvalue weighted by Crippen LogP contribution is -2.20. The molecule has 0 fully saturated rings. The Balaban J connectivity index is 2.23. The van der Waals surface area contributed by atoms with E-state index in [2.05, 4.69) is 32.3 Å².